The summed E-state index contributed by atoms with van der Waals surface area (Å²) in [6.45, 7) is 4.05. The van der Waals surface area contributed by atoms with Gasteiger partial charge in [0.25, 0.3) is 0 Å². The molecule has 0 N–H and O–H groups in total. The highest BCUT2D eigenvalue weighted by molar-refractivity contribution is 7.90. The van der Waals surface area contributed by atoms with E-state index in [0.717, 1.165) is 31.6 Å². The van der Waals surface area contributed by atoms with E-state index < -0.39 is 9.84 Å². The third-order valence-electron chi connectivity index (χ3n) is 4.38. The number of rotatable bonds is 3. The molecule has 1 aliphatic heterocycles. The van der Waals surface area contributed by atoms with Gasteiger partial charge in [-0.25, -0.2) is 18.4 Å². The Morgan fingerprint density at radius 3 is 2.38 bits per heavy atom. The van der Waals surface area contributed by atoms with Crippen LogP contribution in [0.1, 0.15) is 19.8 Å². The number of halogens is 1. The first kappa shape index (κ1) is 17.2. The van der Waals surface area contributed by atoms with Gasteiger partial charge in [-0.3, -0.25) is 0 Å². The Balaban J connectivity index is 2.12. The Hall–Kier alpha value is -1.66. The maximum Gasteiger partial charge on any atom is 0.176 e. The number of benzene rings is 1. The summed E-state index contributed by atoms with van der Waals surface area (Å²) in [6, 6.07) is 5.20. The van der Waals surface area contributed by atoms with Gasteiger partial charge in [0.15, 0.2) is 15.7 Å². The van der Waals surface area contributed by atoms with E-state index in [-0.39, 0.29) is 4.90 Å². The highest BCUT2D eigenvalue weighted by Crippen LogP contribution is 2.37. The van der Waals surface area contributed by atoms with Gasteiger partial charge in [0.05, 0.1) is 15.5 Å². The molecule has 24 heavy (non-hydrogen) atoms. The molecule has 0 unspecified atom stereocenters. The lowest BCUT2D eigenvalue weighted by Gasteiger charge is -2.32. The average Bonchev–Trinajstić information content (AvgIpc) is 2.55. The molecule has 0 radical (unpaired) electrons. The normalized spacial score (nSPS) is 16.4. The van der Waals surface area contributed by atoms with Crippen molar-refractivity contribution in [3.63, 3.8) is 0 Å². The zero-order chi connectivity index (χ0) is 17.3. The lowest BCUT2D eigenvalue weighted by molar-refractivity contribution is 0.438. The molecule has 128 valence electrons. The molecule has 0 aliphatic carbocycles. The molecule has 0 spiro atoms. The molecule has 3 rings (SSSR count). The highest BCUT2D eigenvalue weighted by atomic mass is 35.5. The lowest BCUT2D eigenvalue weighted by Crippen LogP contribution is -2.32. The van der Waals surface area contributed by atoms with Crippen molar-refractivity contribution in [2.24, 2.45) is 5.92 Å². The van der Waals surface area contributed by atoms with E-state index in [1.165, 1.54) is 6.26 Å². The number of anilines is 1. The van der Waals surface area contributed by atoms with E-state index in [2.05, 4.69) is 21.8 Å². The Morgan fingerprint density at radius 2 is 1.79 bits per heavy atom. The highest BCUT2D eigenvalue weighted by Gasteiger charge is 2.24. The smallest absolute Gasteiger partial charge is 0.176 e. The molecular formula is C17H20ClN3O2S. The zero-order valence-electron chi connectivity index (χ0n) is 13.7. The van der Waals surface area contributed by atoms with Crippen molar-refractivity contribution in [3.05, 3.63) is 35.6 Å². The van der Waals surface area contributed by atoms with E-state index in [4.69, 9.17) is 11.6 Å². The molecule has 1 aromatic carbocycles. The first-order valence-corrected chi connectivity index (χ1v) is 10.2. The summed E-state index contributed by atoms with van der Waals surface area (Å²) in [6.07, 6.45) is 6.52. The maximum atomic E-state index is 12.3. The minimum absolute atomic E-state index is 0.176. The monoisotopic (exact) mass is 365 g/mol. The summed E-state index contributed by atoms with van der Waals surface area (Å²) in [5, 5.41) is 0.359. The first-order valence-electron chi connectivity index (χ1n) is 7.92. The van der Waals surface area contributed by atoms with Crippen molar-refractivity contribution in [2.75, 3.05) is 24.2 Å². The fourth-order valence-corrected chi connectivity index (χ4v) is 4.22. The first-order chi connectivity index (χ1) is 11.4. The fraction of sp³-hybridized carbons (Fsp3) is 0.412. The van der Waals surface area contributed by atoms with Gasteiger partial charge < -0.3 is 4.90 Å². The number of hydrogen-bond acceptors (Lipinski definition) is 5. The molecule has 2 aromatic rings. The van der Waals surface area contributed by atoms with E-state index in [0.29, 0.717) is 22.3 Å². The van der Waals surface area contributed by atoms with Crippen LogP contribution in [0, 0.1) is 5.92 Å². The summed E-state index contributed by atoms with van der Waals surface area (Å²) in [7, 11) is -3.47. The summed E-state index contributed by atoms with van der Waals surface area (Å²) >= 11 is 6.45. The second kappa shape index (κ2) is 6.69. The standard InChI is InChI=1S/C17H20ClN3O2S/c1-12-4-8-21(9-5-12)13-10-14(18)16(15(11-13)24(2,22)23)17-19-6-3-7-20-17/h3,6-7,10-12H,4-5,8-9H2,1-2H3. The quantitative estimate of drug-likeness (QED) is 0.833. The predicted octanol–water partition coefficient (Wildman–Crippen LogP) is 3.44. The van der Waals surface area contributed by atoms with Gasteiger partial charge in [-0.1, -0.05) is 18.5 Å². The summed E-state index contributed by atoms with van der Waals surface area (Å²) in [4.78, 5) is 10.7. The number of hydrogen-bond donors (Lipinski definition) is 0. The van der Waals surface area contributed by atoms with E-state index >= 15 is 0 Å². The molecule has 7 heteroatoms. The molecule has 0 amide bonds. The SMILES string of the molecule is CC1CCN(c2cc(Cl)c(-c3ncccn3)c(S(C)(=O)=O)c2)CC1. The van der Waals surface area contributed by atoms with Crippen molar-refractivity contribution in [1.29, 1.82) is 0 Å². The lowest BCUT2D eigenvalue weighted by atomic mass is 9.98. The maximum absolute atomic E-state index is 12.3. The molecule has 0 saturated carbocycles. The van der Waals surface area contributed by atoms with Crippen LogP contribution in [0.2, 0.25) is 5.02 Å². The molecule has 5 nitrogen and oxygen atoms in total. The molecule has 2 heterocycles. The molecule has 0 atom stereocenters. The van der Waals surface area contributed by atoms with Crippen LogP contribution in [0.5, 0.6) is 0 Å². The summed E-state index contributed by atoms with van der Waals surface area (Å²) in [5.41, 5.74) is 1.21. The van der Waals surface area contributed by atoms with Crippen molar-refractivity contribution < 1.29 is 8.42 Å². The van der Waals surface area contributed by atoms with Crippen LogP contribution in [0.4, 0.5) is 5.69 Å². The van der Waals surface area contributed by atoms with Gasteiger partial charge in [0.1, 0.15) is 0 Å². The molecule has 1 aliphatic rings. The fourth-order valence-electron chi connectivity index (χ4n) is 2.95. The third-order valence-corrected chi connectivity index (χ3v) is 5.80. The van der Waals surface area contributed by atoms with Gasteiger partial charge in [-0.15, -0.1) is 0 Å². The largest absolute Gasteiger partial charge is 0.371 e. The van der Waals surface area contributed by atoms with Crippen molar-refractivity contribution >= 4 is 27.1 Å². The predicted molar refractivity (Wildman–Crippen MR) is 96.2 cm³/mol. The summed E-state index contributed by atoms with van der Waals surface area (Å²) in [5.74, 6) is 1.02. The Morgan fingerprint density at radius 1 is 1.17 bits per heavy atom. The molecule has 1 saturated heterocycles. The van der Waals surface area contributed by atoms with Gasteiger partial charge >= 0.3 is 0 Å². The number of nitrogens with zero attached hydrogens (tertiary/aromatic N) is 3. The van der Waals surface area contributed by atoms with Gasteiger partial charge in [-0.2, -0.15) is 0 Å². The van der Waals surface area contributed by atoms with Gasteiger partial charge in [-0.05, 0) is 37.0 Å². The minimum Gasteiger partial charge on any atom is -0.371 e. The third kappa shape index (κ3) is 3.54. The van der Waals surface area contributed by atoms with E-state index in [1.54, 1.807) is 24.5 Å². The molecule has 0 bridgehead atoms. The van der Waals surface area contributed by atoms with Gasteiger partial charge in [0, 0.05) is 37.4 Å². The van der Waals surface area contributed by atoms with Crippen LogP contribution in [0.25, 0.3) is 11.4 Å². The van der Waals surface area contributed by atoms with Crippen LogP contribution in [-0.4, -0.2) is 37.7 Å². The van der Waals surface area contributed by atoms with Crippen molar-refractivity contribution in [3.8, 4) is 11.4 Å². The minimum atomic E-state index is -3.47. The van der Waals surface area contributed by atoms with Crippen LogP contribution < -0.4 is 4.90 Å². The van der Waals surface area contributed by atoms with Crippen LogP contribution >= 0.6 is 11.6 Å². The second-order valence-electron chi connectivity index (χ2n) is 6.31. The zero-order valence-corrected chi connectivity index (χ0v) is 15.3. The number of sulfone groups is 1. The van der Waals surface area contributed by atoms with Crippen LogP contribution in [0.3, 0.4) is 0 Å². The van der Waals surface area contributed by atoms with Crippen molar-refractivity contribution in [1.82, 2.24) is 9.97 Å². The average molecular weight is 366 g/mol. The molecule has 1 fully saturated rings. The number of aromatic nitrogens is 2. The van der Waals surface area contributed by atoms with Crippen LogP contribution in [0.15, 0.2) is 35.5 Å². The Bertz CT molecular complexity index is 832. The van der Waals surface area contributed by atoms with E-state index in [1.807, 2.05) is 6.07 Å². The summed E-state index contributed by atoms with van der Waals surface area (Å²) < 4.78 is 24.7. The topological polar surface area (TPSA) is 63.2 Å². The second-order valence-corrected chi connectivity index (χ2v) is 8.71. The number of piperidine rings is 1. The molecular weight excluding hydrogens is 346 g/mol. The van der Waals surface area contributed by atoms with Crippen LogP contribution in [-0.2, 0) is 9.84 Å². The Labute approximate surface area is 147 Å². The van der Waals surface area contributed by atoms with E-state index in [9.17, 15) is 8.42 Å². The van der Waals surface area contributed by atoms with Gasteiger partial charge in [0.2, 0.25) is 0 Å². The Kier molecular flexibility index (Phi) is 4.78. The van der Waals surface area contributed by atoms with Crippen molar-refractivity contribution in [2.45, 2.75) is 24.7 Å². The molecule has 1 aromatic heterocycles.